The number of benzene rings is 4. The van der Waals surface area contributed by atoms with Gasteiger partial charge in [-0.2, -0.15) is 0 Å². The van der Waals surface area contributed by atoms with Crippen LogP contribution in [-0.4, -0.2) is 11.1 Å². The maximum absolute atomic E-state index is 11.3. The Balaban J connectivity index is 2.20. The van der Waals surface area contributed by atoms with Gasteiger partial charge in [-0.1, -0.05) is 54.6 Å². The number of aliphatic carboxylic acids is 1. The lowest BCUT2D eigenvalue weighted by molar-refractivity contribution is -0.132. The van der Waals surface area contributed by atoms with Crippen LogP contribution >= 0.6 is 0 Å². The molecule has 4 rings (SSSR count). The summed E-state index contributed by atoms with van der Waals surface area (Å²) in [5.74, 6) is -0.867. The second kappa shape index (κ2) is 4.82. The van der Waals surface area contributed by atoms with Gasteiger partial charge in [0.25, 0.3) is 0 Å². The first-order valence-corrected chi connectivity index (χ1v) is 7.65. The first kappa shape index (κ1) is 13.8. The summed E-state index contributed by atoms with van der Waals surface area (Å²) in [5.41, 5.74) is 2.20. The molecular weight excluding hydrogens is 284 g/mol. The maximum atomic E-state index is 11.3. The van der Waals surface area contributed by atoms with E-state index < -0.39 is 5.97 Å². The number of carbonyl (C=O) groups is 1. The zero-order chi connectivity index (χ0) is 16.1. The summed E-state index contributed by atoms with van der Waals surface area (Å²) < 4.78 is 0. The van der Waals surface area contributed by atoms with Gasteiger partial charge in [-0.15, -0.1) is 0 Å². The second-order valence-electron chi connectivity index (χ2n) is 6.02. The molecule has 0 bridgehead atoms. The minimum Gasteiger partial charge on any atom is -0.478 e. The Morgan fingerprint density at radius 2 is 1.35 bits per heavy atom. The predicted molar refractivity (Wildman–Crippen MR) is 96.0 cm³/mol. The van der Waals surface area contributed by atoms with Crippen molar-refractivity contribution in [3.8, 4) is 0 Å². The Kier molecular flexibility index (Phi) is 2.88. The van der Waals surface area contributed by atoms with Crippen molar-refractivity contribution in [2.75, 3.05) is 0 Å². The highest BCUT2D eigenvalue weighted by molar-refractivity contribution is 6.24. The fourth-order valence-electron chi connectivity index (χ4n) is 3.42. The van der Waals surface area contributed by atoms with E-state index in [9.17, 15) is 9.90 Å². The van der Waals surface area contributed by atoms with Gasteiger partial charge in [-0.05, 0) is 57.3 Å². The molecular formula is C21H16O2. The van der Waals surface area contributed by atoms with Crippen molar-refractivity contribution in [1.82, 2.24) is 0 Å². The van der Waals surface area contributed by atoms with E-state index in [0.29, 0.717) is 5.57 Å². The Hall–Kier alpha value is -2.87. The Morgan fingerprint density at radius 1 is 0.783 bits per heavy atom. The highest BCUT2D eigenvalue weighted by atomic mass is 16.4. The third-order valence-electron chi connectivity index (χ3n) is 4.82. The average molecular weight is 300 g/mol. The summed E-state index contributed by atoms with van der Waals surface area (Å²) in [4.78, 5) is 11.3. The molecule has 0 aliphatic heterocycles. The van der Waals surface area contributed by atoms with Crippen LogP contribution in [0, 0.1) is 0 Å². The summed E-state index contributed by atoms with van der Waals surface area (Å²) in [7, 11) is 0. The molecule has 4 aromatic rings. The summed E-state index contributed by atoms with van der Waals surface area (Å²) in [6, 6.07) is 19.0. The molecule has 112 valence electrons. The van der Waals surface area contributed by atoms with E-state index in [1.807, 2.05) is 13.0 Å². The van der Waals surface area contributed by atoms with E-state index >= 15 is 0 Å². The van der Waals surface area contributed by atoms with Gasteiger partial charge in [0.1, 0.15) is 0 Å². The number of allylic oxidation sites excluding steroid dienone is 1. The van der Waals surface area contributed by atoms with E-state index in [1.54, 1.807) is 6.92 Å². The molecule has 0 saturated carbocycles. The highest BCUT2D eigenvalue weighted by Crippen LogP contribution is 2.38. The molecule has 0 heterocycles. The normalized spacial score (nSPS) is 13.0. The molecule has 0 atom stereocenters. The summed E-state index contributed by atoms with van der Waals surface area (Å²) in [5, 5.41) is 16.5. The van der Waals surface area contributed by atoms with Crippen LogP contribution in [0.25, 0.3) is 37.9 Å². The van der Waals surface area contributed by atoms with Gasteiger partial charge >= 0.3 is 5.97 Å². The SMILES string of the molecule is C/C(C(=O)O)=C(/C)c1ccc2ccc3cccc4ccc1c2c34. The van der Waals surface area contributed by atoms with Crippen LogP contribution < -0.4 is 0 Å². The number of hydrogen-bond donors (Lipinski definition) is 1. The zero-order valence-corrected chi connectivity index (χ0v) is 13.1. The lowest BCUT2D eigenvalue weighted by Crippen LogP contribution is -1.99. The third kappa shape index (κ3) is 1.92. The van der Waals surface area contributed by atoms with Gasteiger partial charge in [0, 0.05) is 5.57 Å². The molecule has 0 amide bonds. The van der Waals surface area contributed by atoms with E-state index in [0.717, 1.165) is 16.5 Å². The number of carboxylic acids is 1. The van der Waals surface area contributed by atoms with Crippen LogP contribution in [0.3, 0.4) is 0 Å². The van der Waals surface area contributed by atoms with Crippen LogP contribution in [0.15, 0.2) is 60.2 Å². The molecule has 1 N–H and O–H groups in total. The molecule has 0 radical (unpaired) electrons. The van der Waals surface area contributed by atoms with Crippen LogP contribution in [0.1, 0.15) is 19.4 Å². The fraction of sp³-hybridized carbons (Fsp3) is 0.0952. The minimum atomic E-state index is -0.867. The molecule has 2 nitrogen and oxygen atoms in total. The quantitative estimate of drug-likeness (QED) is 0.394. The van der Waals surface area contributed by atoms with Crippen molar-refractivity contribution >= 4 is 43.9 Å². The molecule has 4 aromatic carbocycles. The lowest BCUT2D eigenvalue weighted by atomic mass is 9.89. The molecule has 0 unspecified atom stereocenters. The monoisotopic (exact) mass is 300 g/mol. The van der Waals surface area contributed by atoms with E-state index in [-0.39, 0.29) is 0 Å². The predicted octanol–water partition coefficient (Wildman–Crippen LogP) is 5.46. The minimum absolute atomic E-state index is 0.389. The van der Waals surface area contributed by atoms with E-state index in [2.05, 4.69) is 48.5 Å². The molecule has 0 fully saturated rings. The molecule has 2 heteroatoms. The first-order valence-electron chi connectivity index (χ1n) is 7.65. The Morgan fingerprint density at radius 3 is 2.00 bits per heavy atom. The number of carboxylic acid groups (broad SMARTS) is 1. The van der Waals surface area contributed by atoms with Crippen molar-refractivity contribution in [2.45, 2.75) is 13.8 Å². The fourth-order valence-corrected chi connectivity index (χ4v) is 3.42. The topological polar surface area (TPSA) is 37.3 Å². The van der Waals surface area contributed by atoms with Crippen LogP contribution in [-0.2, 0) is 4.79 Å². The molecule has 0 spiro atoms. The van der Waals surface area contributed by atoms with Crippen molar-refractivity contribution < 1.29 is 9.90 Å². The smallest absolute Gasteiger partial charge is 0.331 e. The van der Waals surface area contributed by atoms with Crippen LogP contribution in [0.2, 0.25) is 0 Å². The van der Waals surface area contributed by atoms with E-state index in [4.69, 9.17) is 0 Å². The van der Waals surface area contributed by atoms with E-state index in [1.165, 1.54) is 26.9 Å². The van der Waals surface area contributed by atoms with Crippen molar-refractivity contribution in [3.05, 3.63) is 65.7 Å². The van der Waals surface area contributed by atoms with Gasteiger partial charge in [0.2, 0.25) is 0 Å². The number of hydrogen-bond acceptors (Lipinski definition) is 1. The molecule has 0 aliphatic carbocycles. The number of rotatable bonds is 2. The highest BCUT2D eigenvalue weighted by Gasteiger charge is 2.14. The first-order chi connectivity index (χ1) is 11.1. The van der Waals surface area contributed by atoms with Crippen molar-refractivity contribution in [1.29, 1.82) is 0 Å². The zero-order valence-electron chi connectivity index (χ0n) is 13.1. The van der Waals surface area contributed by atoms with Crippen molar-refractivity contribution in [2.24, 2.45) is 0 Å². The van der Waals surface area contributed by atoms with Gasteiger partial charge in [-0.3, -0.25) is 0 Å². The van der Waals surface area contributed by atoms with Gasteiger partial charge in [-0.25, -0.2) is 4.79 Å². The maximum Gasteiger partial charge on any atom is 0.331 e. The molecule has 0 aromatic heterocycles. The second-order valence-corrected chi connectivity index (χ2v) is 6.02. The summed E-state index contributed by atoms with van der Waals surface area (Å²) >= 11 is 0. The third-order valence-corrected chi connectivity index (χ3v) is 4.82. The lowest BCUT2D eigenvalue weighted by Gasteiger charge is -2.15. The molecule has 0 aliphatic rings. The largest absolute Gasteiger partial charge is 0.478 e. The standard InChI is InChI=1S/C21H16O2/c1-12(13(2)21(22)23)17-10-8-16-7-6-14-4-3-5-15-9-11-18(17)20(16)19(14)15/h3-11H,1-2H3,(H,22,23)/b13-12+. The van der Waals surface area contributed by atoms with Gasteiger partial charge in [0.05, 0.1) is 0 Å². The summed E-state index contributed by atoms with van der Waals surface area (Å²) in [6.07, 6.45) is 0. The average Bonchev–Trinajstić information content (AvgIpc) is 2.58. The van der Waals surface area contributed by atoms with Crippen LogP contribution in [0.5, 0.6) is 0 Å². The Labute approximate surface area is 134 Å². The van der Waals surface area contributed by atoms with Crippen molar-refractivity contribution in [3.63, 3.8) is 0 Å². The summed E-state index contributed by atoms with van der Waals surface area (Å²) in [6.45, 7) is 3.55. The molecule has 0 saturated heterocycles. The molecule has 23 heavy (non-hydrogen) atoms. The Bertz CT molecular complexity index is 1090. The van der Waals surface area contributed by atoms with Gasteiger partial charge < -0.3 is 5.11 Å². The van der Waals surface area contributed by atoms with Crippen LogP contribution in [0.4, 0.5) is 0 Å². The van der Waals surface area contributed by atoms with Gasteiger partial charge in [0.15, 0.2) is 0 Å².